The van der Waals surface area contributed by atoms with Crippen LogP contribution in [0.2, 0.25) is 5.02 Å². The second-order valence-corrected chi connectivity index (χ2v) is 6.01. The van der Waals surface area contributed by atoms with E-state index in [1.807, 2.05) is 13.0 Å². The van der Waals surface area contributed by atoms with Crippen molar-refractivity contribution in [2.45, 2.75) is 13.0 Å². The first-order valence-corrected chi connectivity index (χ1v) is 8.27. The number of carbonyl (C=O) groups is 2. The molecule has 8 heteroatoms. The zero-order valence-electron chi connectivity index (χ0n) is 14.0. The summed E-state index contributed by atoms with van der Waals surface area (Å²) in [5.74, 6) is 0.534. The number of para-hydroxylation sites is 2. The van der Waals surface area contributed by atoms with Crippen LogP contribution in [0.25, 0.3) is 0 Å². The summed E-state index contributed by atoms with van der Waals surface area (Å²) in [6.07, 6.45) is -0.856. The maximum absolute atomic E-state index is 12.1. The zero-order valence-corrected chi connectivity index (χ0v) is 14.7. The molecule has 136 valence electrons. The maximum Gasteiger partial charge on any atom is 0.283 e. The van der Waals surface area contributed by atoms with Crippen LogP contribution in [0, 0.1) is 6.92 Å². The molecule has 0 spiro atoms. The van der Waals surface area contributed by atoms with E-state index in [9.17, 15) is 9.59 Å². The van der Waals surface area contributed by atoms with E-state index in [0.717, 1.165) is 5.56 Å². The molecule has 0 aliphatic carbocycles. The summed E-state index contributed by atoms with van der Waals surface area (Å²) in [6.45, 7) is 1.63. The Kier molecular flexibility index (Phi) is 5.48. The van der Waals surface area contributed by atoms with E-state index in [1.165, 1.54) is 0 Å². The van der Waals surface area contributed by atoms with E-state index in [1.54, 1.807) is 36.4 Å². The molecule has 0 bridgehead atoms. The molecule has 2 aromatic rings. The summed E-state index contributed by atoms with van der Waals surface area (Å²) in [6, 6.07) is 12.1. The molecule has 26 heavy (non-hydrogen) atoms. The SMILES string of the molecule is Cc1cc(OCC(=O)NNC(=O)[C@H]2COc3ccccc3O2)ccc1Cl. The normalized spacial score (nSPS) is 15.1. The topological polar surface area (TPSA) is 85.9 Å². The first-order chi connectivity index (χ1) is 12.5. The number of benzene rings is 2. The van der Waals surface area contributed by atoms with Gasteiger partial charge in [-0.3, -0.25) is 20.4 Å². The Morgan fingerprint density at radius 3 is 2.73 bits per heavy atom. The molecule has 0 saturated carbocycles. The van der Waals surface area contributed by atoms with Crippen LogP contribution in [-0.2, 0) is 9.59 Å². The lowest BCUT2D eigenvalue weighted by Gasteiger charge is -2.25. The lowest BCUT2D eigenvalue weighted by Crippen LogP contribution is -2.51. The van der Waals surface area contributed by atoms with Gasteiger partial charge in [-0.1, -0.05) is 23.7 Å². The average molecular weight is 377 g/mol. The van der Waals surface area contributed by atoms with Gasteiger partial charge in [-0.15, -0.1) is 0 Å². The molecule has 0 saturated heterocycles. The Labute approximate surface area is 155 Å². The molecular formula is C18H17ClN2O5. The molecule has 2 N–H and O–H groups in total. The van der Waals surface area contributed by atoms with E-state index in [4.69, 9.17) is 25.8 Å². The number of amides is 2. The summed E-state index contributed by atoms with van der Waals surface area (Å²) in [7, 11) is 0. The summed E-state index contributed by atoms with van der Waals surface area (Å²) in [4.78, 5) is 23.9. The molecule has 1 heterocycles. The van der Waals surface area contributed by atoms with E-state index in [0.29, 0.717) is 22.3 Å². The smallest absolute Gasteiger partial charge is 0.283 e. The third-order valence-electron chi connectivity index (χ3n) is 3.63. The molecule has 0 fully saturated rings. The van der Waals surface area contributed by atoms with E-state index < -0.39 is 17.9 Å². The fourth-order valence-corrected chi connectivity index (χ4v) is 2.37. The van der Waals surface area contributed by atoms with Crippen LogP contribution in [0.1, 0.15) is 5.56 Å². The van der Waals surface area contributed by atoms with E-state index in [2.05, 4.69) is 10.9 Å². The molecule has 7 nitrogen and oxygen atoms in total. The van der Waals surface area contributed by atoms with Crippen LogP contribution >= 0.6 is 11.6 Å². The highest BCUT2D eigenvalue weighted by Gasteiger charge is 2.27. The predicted octanol–water partition coefficient (Wildman–Crippen LogP) is 2.01. The van der Waals surface area contributed by atoms with Crippen LogP contribution < -0.4 is 25.1 Å². The van der Waals surface area contributed by atoms with Gasteiger partial charge in [-0.2, -0.15) is 0 Å². The molecule has 0 aromatic heterocycles. The zero-order chi connectivity index (χ0) is 18.5. The van der Waals surface area contributed by atoms with Crippen molar-refractivity contribution >= 4 is 23.4 Å². The number of rotatable bonds is 4. The lowest BCUT2D eigenvalue weighted by molar-refractivity contribution is -0.135. The Morgan fingerprint density at radius 1 is 1.19 bits per heavy atom. The number of ether oxygens (including phenoxy) is 3. The fraction of sp³-hybridized carbons (Fsp3) is 0.222. The largest absolute Gasteiger partial charge is 0.485 e. The second kappa shape index (κ2) is 7.97. The van der Waals surface area contributed by atoms with Crippen molar-refractivity contribution in [1.82, 2.24) is 10.9 Å². The predicted molar refractivity (Wildman–Crippen MR) is 94.3 cm³/mol. The summed E-state index contributed by atoms with van der Waals surface area (Å²) in [5.41, 5.74) is 5.41. The summed E-state index contributed by atoms with van der Waals surface area (Å²) < 4.78 is 16.4. The second-order valence-electron chi connectivity index (χ2n) is 5.60. The molecular weight excluding hydrogens is 360 g/mol. The van der Waals surface area contributed by atoms with Crippen molar-refractivity contribution in [1.29, 1.82) is 0 Å². The van der Waals surface area contributed by atoms with Crippen molar-refractivity contribution < 1.29 is 23.8 Å². The van der Waals surface area contributed by atoms with Crippen LogP contribution in [0.15, 0.2) is 42.5 Å². The number of hydrazine groups is 1. The minimum atomic E-state index is -0.856. The fourth-order valence-electron chi connectivity index (χ4n) is 2.25. The van der Waals surface area contributed by atoms with Gasteiger partial charge in [-0.05, 0) is 42.8 Å². The van der Waals surface area contributed by atoms with E-state index in [-0.39, 0.29) is 13.2 Å². The molecule has 0 radical (unpaired) electrons. The monoisotopic (exact) mass is 376 g/mol. The number of fused-ring (bicyclic) bond motifs is 1. The lowest BCUT2D eigenvalue weighted by atomic mass is 10.2. The Hall–Kier alpha value is -2.93. The molecule has 1 aliphatic heterocycles. The van der Waals surface area contributed by atoms with Crippen LogP contribution in [-0.4, -0.2) is 31.1 Å². The van der Waals surface area contributed by atoms with Crippen molar-refractivity contribution in [3.05, 3.63) is 53.1 Å². The number of halogens is 1. The minimum Gasteiger partial charge on any atom is -0.485 e. The average Bonchev–Trinajstić information content (AvgIpc) is 2.66. The molecule has 1 aliphatic rings. The van der Waals surface area contributed by atoms with Gasteiger partial charge in [0.2, 0.25) is 6.10 Å². The number of hydrogen-bond acceptors (Lipinski definition) is 5. The van der Waals surface area contributed by atoms with Gasteiger partial charge in [0, 0.05) is 5.02 Å². The Bertz CT molecular complexity index is 827. The number of hydrogen-bond donors (Lipinski definition) is 2. The van der Waals surface area contributed by atoms with Crippen molar-refractivity contribution in [3.8, 4) is 17.2 Å². The van der Waals surface area contributed by atoms with Crippen LogP contribution in [0.5, 0.6) is 17.2 Å². The van der Waals surface area contributed by atoms with Gasteiger partial charge in [0.05, 0.1) is 0 Å². The standard InChI is InChI=1S/C18H17ClN2O5/c1-11-8-12(6-7-13(11)19)24-10-17(22)20-21-18(23)16-9-25-14-4-2-3-5-15(14)26-16/h2-8,16H,9-10H2,1H3,(H,20,22)(H,21,23)/t16-/m1/s1. The molecule has 1 atom stereocenters. The summed E-state index contributed by atoms with van der Waals surface area (Å²) in [5, 5.41) is 0.616. The highest BCUT2D eigenvalue weighted by molar-refractivity contribution is 6.31. The molecule has 2 amide bonds. The number of aryl methyl sites for hydroxylation is 1. The highest BCUT2D eigenvalue weighted by atomic mass is 35.5. The molecule has 3 rings (SSSR count). The first-order valence-electron chi connectivity index (χ1n) is 7.89. The van der Waals surface area contributed by atoms with Crippen molar-refractivity contribution in [3.63, 3.8) is 0 Å². The molecule has 2 aromatic carbocycles. The van der Waals surface area contributed by atoms with Gasteiger partial charge in [0.25, 0.3) is 11.8 Å². The van der Waals surface area contributed by atoms with Gasteiger partial charge < -0.3 is 14.2 Å². The van der Waals surface area contributed by atoms with Crippen LogP contribution in [0.3, 0.4) is 0 Å². The third-order valence-corrected chi connectivity index (χ3v) is 4.05. The van der Waals surface area contributed by atoms with Gasteiger partial charge in [0.15, 0.2) is 18.1 Å². The quantitative estimate of drug-likeness (QED) is 0.797. The van der Waals surface area contributed by atoms with E-state index >= 15 is 0 Å². The van der Waals surface area contributed by atoms with Crippen LogP contribution in [0.4, 0.5) is 0 Å². The summed E-state index contributed by atoms with van der Waals surface area (Å²) >= 11 is 5.93. The maximum atomic E-state index is 12.1. The minimum absolute atomic E-state index is 0.0548. The number of carbonyl (C=O) groups excluding carboxylic acids is 2. The van der Waals surface area contributed by atoms with Gasteiger partial charge in [0.1, 0.15) is 12.4 Å². The molecule has 0 unspecified atom stereocenters. The Morgan fingerprint density at radius 2 is 1.96 bits per heavy atom. The van der Waals surface area contributed by atoms with Crippen molar-refractivity contribution in [2.24, 2.45) is 0 Å². The van der Waals surface area contributed by atoms with Crippen molar-refractivity contribution in [2.75, 3.05) is 13.2 Å². The number of nitrogens with one attached hydrogen (secondary N) is 2. The first kappa shape index (κ1) is 17.9. The third kappa shape index (κ3) is 4.37. The van der Waals surface area contributed by atoms with Gasteiger partial charge in [-0.25, -0.2) is 0 Å². The Balaban J connectivity index is 1.44. The van der Waals surface area contributed by atoms with Gasteiger partial charge >= 0.3 is 0 Å². The highest BCUT2D eigenvalue weighted by Crippen LogP contribution is 2.30.